The third-order valence-corrected chi connectivity index (χ3v) is 2.43. The molecule has 0 aromatic carbocycles. The SMILES string of the molecule is COC(=O)Cc1nc(C(F)F)c(N)cc1CCl. The van der Waals surface area contributed by atoms with Gasteiger partial charge in [0.2, 0.25) is 0 Å². The summed E-state index contributed by atoms with van der Waals surface area (Å²) in [6.07, 6.45) is -3.01. The number of pyridine rings is 1. The maximum Gasteiger partial charge on any atom is 0.311 e. The molecule has 0 amide bonds. The van der Waals surface area contributed by atoms with Gasteiger partial charge >= 0.3 is 5.97 Å². The van der Waals surface area contributed by atoms with Gasteiger partial charge in [-0.05, 0) is 11.6 Å². The van der Waals surface area contributed by atoms with Gasteiger partial charge in [0.25, 0.3) is 6.43 Å². The summed E-state index contributed by atoms with van der Waals surface area (Å²) in [7, 11) is 1.20. The number of nitrogens with zero attached hydrogens (tertiary/aromatic N) is 1. The molecule has 94 valence electrons. The first-order chi connectivity index (χ1) is 7.99. The number of nitrogens with two attached hydrogens (primary N) is 1. The van der Waals surface area contributed by atoms with E-state index >= 15 is 0 Å². The zero-order valence-electron chi connectivity index (χ0n) is 9.04. The van der Waals surface area contributed by atoms with Gasteiger partial charge in [0.05, 0.1) is 24.9 Å². The number of ether oxygens (including phenoxy) is 1. The van der Waals surface area contributed by atoms with Crippen LogP contribution >= 0.6 is 11.6 Å². The maximum absolute atomic E-state index is 12.6. The van der Waals surface area contributed by atoms with Crippen LogP contribution in [-0.2, 0) is 21.8 Å². The lowest BCUT2D eigenvalue weighted by atomic mass is 10.1. The van der Waals surface area contributed by atoms with E-state index in [1.54, 1.807) is 0 Å². The number of carbonyl (C=O) groups excluding carboxylic acids is 1. The van der Waals surface area contributed by atoms with Gasteiger partial charge < -0.3 is 10.5 Å². The normalized spacial score (nSPS) is 10.6. The Morgan fingerprint density at radius 1 is 1.65 bits per heavy atom. The minimum atomic E-state index is -2.80. The van der Waals surface area contributed by atoms with Crippen LogP contribution in [0.25, 0.3) is 0 Å². The van der Waals surface area contributed by atoms with Gasteiger partial charge in [0, 0.05) is 5.88 Å². The van der Waals surface area contributed by atoms with E-state index in [0.717, 1.165) is 0 Å². The molecule has 1 aromatic heterocycles. The first-order valence-corrected chi connectivity index (χ1v) is 5.22. The van der Waals surface area contributed by atoms with E-state index in [2.05, 4.69) is 9.72 Å². The minimum absolute atomic E-state index is 0.0348. The molecule has 1 heterocycles. The van der Waals surface area contributed by atoms with Crippen molar-refractivity contribution in [2.45, 2.75) is 18.7 Å². The molecule has 0 unspecified atom stereocenters. The number of esters is 1. The second-order valence-electron chi connectivity index (χ2n) is 3.26. The molecular weight excluding hydrogens is 254 g/mol. The monoisotopic (exact) mass is 264 g/mol. The first kappa shape index (κ1) is 13.6. The quantitative estimate of drug-likeness (QED) is 0.668. The Morgan fingerprint density at radius 2 is 2.29 bits per heavy atom. The van der Waals surface area contributed by atoms with E-state index in [0.29, 0.717) is 5.56 Å². The van der Waals surface area contributed by atoms with Gasteiger partial charge in [-0.1, -0.05) is 0 Å². The lowest BCUT2D eigenvalue weighted by Crippen LogP contribution is -2.11. The lowest BCUT2D eigenvalue weighted by Gasteiger charge is -2.10. The average molecular weight is 265 g/mol. The van der Waals surface area contributed by atoms with E-state index in [4.69, 9.17) is 17.3 Å². The highest BCUT2D eigenvalue weighted by molar-refractivity contribution is 6.17. The lowest BCUT2D eigenvalue weighted by molar-refractivity contribution is -0.139. The van der Waals surface area contributed by atoms with Crippen LogP contribution in [0.4, 0.5) is 14.5 Å². The topological polar surface area (TPSA) is 65.2 Å². The van der Waals surface area contributed by atoms with Crippen LogP contribution in [0.15, 0.2) is 6.07 Å². The van der Waals surface area contributed by atoms with Crippen molar-refractivity contribution in [3.8, 4) is 0 Å². The first-order valence-electron chi connectivity index (χ1n) is 4.68. The highest BCUT2D eigenvalue weighted by Crippen LogP contribution is 2.26. The molecule has 4 nitrogen and oxygen atoms in total. The van der Waals surface area contributed by atoms with Crippen LogP contribution in [0.3, 0.4) is 0 Å². The van der Waals surface area contributed by atoms with Gasteiger partial charge in [-0.2, -0.15) is 0 Å². The van der Waals surface area contributed by atoms with E-state index in [-0.39, 0.29) is 23.7 Å². The van der Waals surface area contributed by atoms with Crippen molar-refractivity contribution in [3.05, 3.63) is 23.0 Å². The van der Waals surface area contributed by atoms with Gasteiger partial charge in [0.15, 0.2) is 0 Å². The van der Waals surface area contributed by atoms with E-state index < -0.39 is 18.1 Å². The molecule has 0 aliphatic carbocycles. The van der Waals surface area contributed by atoms with Crippen molar-refractivity contribution in [2.24, 2.45) is 0 Å². The Hall–Kier alpha value is -1.43. The molecule has 7 heteroatoms. The third kappa shape index (κ3) is 3.26. The van der Waals surface area contributed by atoms with Gasteiger partial charge in [-0.3, -0.25) is 4.79 Å². The number of hydrogen-bond acceptors (Lipinski definition) is 4. The number of aromatic nitrogens is 1. The molecule has 2 N–H and O–H groups in total. The fraction of sp³-hybridized carbons (Fsp3) is 0.400. The Labute approximate surface area is 102 Å². The zero-order valence-corrected chi connectivity index (χ0v) is 9.80. The van der Waals surface area contributed by atoms with Gasteiger partial charge in [-0.25, -0.2) is 13.8 Å². The molecule has 0 saturated carbocycles. The zero-order chi connectivity index (χ0) is 13.0. The van der Waals surface area contributed by atoms with Crippen LogP contribution in [0.2, 0.25) is 0 Å². The summed E-state index contributed by atoms with van der Waals surface area (Å²) in [5.41, 5.74) is 5.34. The van der Waals surface area contributed by atoms with Crippen molar-refractivity contribution < 1.29 is 18.3 Å². The highest BCUT2D eigenvalue weighted by atomic mass is 35.5. The molecule has 0 saturated heterocycles. The number of nitrogen functional groups attached to an aromatic ring is 1. The smallest absolute Gasteiger partial charge is 0.311 e. The van der Waals surface area contributed by atoms with Crippen LogP contribution < -0.4 is 5.73 Å². The summed E-state index contributed by atoms with van der Waals surface area (Å²) < 4.78 is 29.6. The number of carbonyl (C=O) groups is 1. The predicted molar refractivity (Wildman–Crippen MR) is 58.9 cm³/mol. The second-order valence-corrected chi connectivity index (χ2v) is 3.52. The Morgan fingerprint density at radius 3 is 2.76 bits per heavy atom. The fourth-order valence-corrected chi connectivity index (χ4v) is 1.51. The predicted octanol–water partition coefficient (Wildman–Crippen LogP) is 2.06. The third-order valence-electron chi connectivity index (χ3n) is 2.14. The van der Waals surface area contributed by atoms with Crippen molar-refractivity contribution in [1.82, 2.24) is 4.98 Å². The summed E-state index contributed by atoms with van der Waals surface area (Å²) in [4.78, 5) is 14.8. The average Bonchev–Trinajstić information content (AvgIpc) is 2.30. The fourth-order valence-electron chi connectivity index (χ4n) is 1.28. The standard InChI is InChI=1S/C10H11ClF2N2O2/c1-17-8(16)3-7-5(4-11)2-6(14)9(15-7)10(12)13/h2,10H,3-4,14H2,1H3. The summed E-state index contributed by atoms with van der Waals surface area (Å²) in [5.74, 6) is -0.540. The molecule has 0 radical (unpaired) electrons. The molecule has 0 spiro atoms. The number of rotatable bonds is 4. The molecule has 0 bridgehead atoms. The van der Waals surface area contributed by atoms with Crippen molar-refractivity contribution in [3.63, 3.8) is 0 Å². The Bertz CT molecular complexity index is 427. The summed E-state index contributed by atoms with van der Waals surface area (Å²) in [5, 5.41) is 0. The summed E-state index contributed by atoms with van der Waals surface area (Å²) in [6.45, 7) is 0. The van der Waals surface area contributed by atoms with E-state index in [9.17, 15) is 13.6 Å². The van der Waals surface area contributed by atoms with E-state index in [1.165, 1.54) is 13.2 Å². The molecular formula is C10H11ClF2N2O2. The van der Waals surface area contributed by atoms with Crippen molar-refractivity contribution in [2.75, 3.05) is 12.8 Å². The number of alkyl halides is 3. The molecule has 0 atom stereocenters. The minimum Gasteiger partial charge on any atom is -0.469 e. The van der Waals surface area contributed by atoms with Gasteiger partial charge in [-0.15, -0.1) is 11.6 Å². The number of anilines is 1. The molecule has 0 aliphatic heterocycles. The Balaban J connectivity index is 3.16. The molecule has 0 fully saturated rings. The van der Waals surface area contributed by atoms with Gasteiger partial charge in [0.1, 0.15) is 5.69 Å². The van der Waals surface area contributed by atoms with E-state index in [1.807, 2.05) is 0 Å². The van der Waals surface area contributed by atoms with Crippen LogP contribution in [0, 0.1) is 0 Å². The van der Waals surface area contributed by atoms with Crippen LogP contribution in [-0.4, -0.2) is 18.1 Å². The van der Waals surface area contributed by atoms with Crippen LogP contribution in [0.1, 0.15) is 23.4 Å². The highest BCUT2D eigenvalue weighted by Gasteiger charge is 2.18. The van der Waals surface area contributed by atoms with Crippen molar-refractivity contribution in [1.29, 1.82) is 0 Å². The Kier molecular flexibility index (Phi) is 4.62. The number of halogens is 3. The molecule has 1 aromatic rings. The number of hydrogen-bond donors (Lipinski definition) is 1. The molecule has 0 aliphatic rings. The summed E-state index contributed by atoms with van der Waals surface area (Å²) >= 11 is 5.63. The summed E-state index contributed by atoms with van der Waals surface area (Å²) in [6, 6.07) is 1.31. The maximum atomic E-state index is 12.6. The van der Waals surface area contributed by atoms with Crippen molar-refractivity contribution >= 4 is 23.3 Å². The largest absolute Gasteiger partial charge is 0.469 e. The van der Waals surface area contributed by atoms with Crippen LogP contribution in [0.5, 0.6) is 0 Å². The molecule has 17 heavy (non-hydrogen) atoms. The second kappa shape index (κ2) is 5.77. The molecule has 1 rings (SSSR count). The number of methoxy groups -OCH3 is 1.